The number of H-pyrrole nitrogens is 1. The Morgan fingerprint density at radius 1 is 1.29 bits per heavy atom. The Bertz CT molecular complexity index is 971. The molecule has 24 heavy (non-hydrogen) atoms. The third-order valence-corrected chi connectivity index (χ3v) is 4.68. The molecule has 0 unspecified atom stereocenters. The normalized spacial score (nSPS) is 11.2. The van der Waals surface area contributed by atoms with Crippen LogP contribution in [-0.4, -0.2) is 22.5 Å². The first-order valence-electron chi connectivity index (χ1n) is 7.53. The summed E-state index contributed by atoms with van der Waals surface area (Å²) in [4.78, 5) is 32.5. The summed E-state index contributed by atoms with van der Waals surface area (Å²) in [7, 11) is 0. The van der Waals surface area contributed by atoms with E-state index in [1.807, 2.05) is 36.4 Å². The van der Waals surface area contributed by atoms with E-state index < -0.39 is 5.97 Å². The first-order valence-corrected chi connectivity index (χ1v) is 8.35. The fourth-order valence-corrected chi connectivity index (χ4v) is 3.45. The van der Waals surface area contributed by atoms with Gasteiger partial charge in [-0.1, -0.05) is 36.4 Å². The van der Waals surface area contributed by atoms with Gasteiger partial charge in [0.15, 0.2) is 0 Å². The van der Waals surface area contributed by atoms with Crippen molar-refractivity contribution < 1.29 is 9.53 Å². The topological polar surface area (TPSA) is 72.0 Å². The van der Waals surface area contributed by atoms with Gasteiger partial charge in [-0.15, -0.1) is 11.3 Å². The fraction of sp³-hybridized carbons (Fsp3) is 0.167. The van der Waals surface area contributed by atoms with Crippen molar-refractivity contribution in [3.63, 3.8) is 0 Å². The molecule has 0 bridgehead atoms. The van der Waals surface area contributed by atoms with Crippen LogP contribution in [0.25, 0.3) is 22.4 Å². The molecule has 0 spiro atoms. The van der Waals surface area contributed by atoms with Crippen molar-refractivity contribution in [1.29, 1.82) is 0 Å². The molecule has 2 heterocycles. The highest BCUT2D eigenvalue weighted by Crippen LogP contribution is 2.27. The minimum absolute atomic E-state index is 0.253. The van der Waals surface area contributed by atoms with Gasteiger partial charge in [-0.2, -0.15) is 0 Å². The lowest BCUT2D eigenvalue weighted by atomic mass is 10.2. The molecule has 0 atom stereocenters. The van der Waals surface area contributed by atoms with Gasteiger partial charge in [0.2, 0.25) is 0 Å². The van der Waals surface area contributed by atoms with E-state index in [-0.39, 0.29) is 5.56 Å². The average Bonchev–Trinajstić information content (AvgIpc) is 2.91. The van der Waals surface area contributed by atoms with Gasteiger partial charge in [-0.05, 0) is 31.1 Å². The zero-order valence-corrected chi connectivity index (χ0v) is 14.1. The summed E-state index contributed by atoms with van der Waals surface area (Å²) >= 11 is 1.18. The van der Waals surface area contributed by atoms with Gasteiger partial charge < -0.3 is 9.72 Å². The second-order valence-electron chi connectivity index (χ2n) is 5.15. The number of nitrogens with one attached hydrogen (secondary N) is 1. The van der Waals surface area contributed by atoms with E-state index in [1.54, 1.807) is 19.9 Å². The first kappa shape index (κ1) is 16.1. The van der Waals surface area contributed by atoms with Crippen molar-refractivity contribution >= 4 is 39.7 Å². The SMILES string of the molecule is CCOC(=O)c1sc2nc(/C=C/c3ccccc3)[nH]c(=O)c2c1C. The van der Waals surface area contributed by atoms with E-state index in [9.17, 15) is 9.59 Å². The Hall–Kier alpha value is -2.73. The van der Waals surface area contributed by atoms with Crippen molar-refractivity contribution in [3.05, 3.63) is 62.5 Å². The Morgan fingerprint density at radius 3 is 2.75 bits per heavy atom. The summed E-state index contributed by atoms with van der Waals surface area (Å²) in [5.41, 5.74) is 1.37. The summed E-state index contributed by atoms with van der Waals surface area (Å²) in [5, 5.41) is 0.444. The molecule has 2 aromatic heterocycles. The largest absolute Gasteiger partial charge is 0.462 e. The lowest BCUT2D eigenvalue weighted by molar-refractivity contribution is 0.0531. The van der Waals surface area contributed by atoms with Crippen LogP contribution in [0.4, 0.5) is 0 Å². The van der Waals surface area contributed by atoms with Crippen LogP contribution < -0.4 is 5.56 Å². The van der Waals surface area contributed by atoms with E-state index in [0.717, 1.165) is 5.56 Å². The Kier molecular flexibility index (Phi) is 4.57. The highest BCUT2D eigenvalue weighted by molar-refractivity contribution is 7.20. The molecule has 1 aromatic carbocycles. The average molecular weight is 340 g/mol. The number of rotatable bonds is 4. The van der Waals surface area contributed by atoms with Crippen LogP contribution in [0.1, 0.15) is 33.5 Å². The molecule has 0 saturated carbocycles. The Labute approximate surface area is 142 Å². The molecule has 3 rings (SSSR count). The zero-order valence-electron chi connectivity index (χ0n) is 13.3. The van der Waals surface area contributed by atoms with Gasteiger partial charge in [0.05, 0.1) is 12.0 Å². The van der Waals surface area contributed by atoms with Gasteiger partial charge in [0.1, 0.15) is 15.5 Å². The number of esters is 1. The molecule has 0 aliphatic carbocycles. The van der Waals surface area contributed by atoms with Gasteiger partial charge in [-0.3, -0.25) is 4.79 Å². The minimum Gasteiger partial charge on any atom is -0.462 e. The third-order valence-electron chi connectivity index (χ3n) is 3.51. The molecule has 0 aliphatic rings. The smallest absolute Gasteiger partial charge is 0.348 e. The standard InChI is InChI=1S/C18H16N2O3S/c1-3-23-18(22)15-11(2)14-16(21)19-13(20-17(14)24-15)10-9-12-7-5-4-6-8-12/h4-10H,3H2,1-2H3,(H,19,20,21)/b10-9+. The van der Waals surface area contributed by atoms with Crippen LogP contribution in [0, 0.1) is 6.92 Å². The van der Waals surface area contributed by atoms with Gasteiger partial charge >= 0.3 is 5.97 Å². The minimum atomic E-state index is -0.418. The highest BCUT2D eigenvalue weighted by Gasteiger charge is 2.19. The maximum atomic E-state index is 12.4. The molecule has 0 fully saturated rings. The van der Waals surface area contributed by atoms with Gasteiger partial charge in [0, 0.05) is 0 Å². The molecule has 0 aliphatic heterocycles. The van der Waals surface area contributed by atoms with Crippen LogP contribution in [0.3, 0.4) is 0 Å². The molecule has 122 valence electrons. The van der Waals surface area contributed by atoms with Crippen LogP contribution in [0.5, 0.6) is 0 Å². The maximum absolute atomic E-state index is 12.4. The number of ether oxygens (including phenoxy) is 1. The molecule has 3 aromatic rings. The van der Waals surface area contributed by atoms with E-state index in [1.165, 1.54) is 11.3 Å². The first-order chi connectivity index (χ1) is 11.6. The summed E-state index contributed by atoms with van der Waals surface area (Å²) in [6.07, 6.45) is 3.62. The van der Waals surface area contributed by atoms with E-state index in [2.05, 4.69) is 9.97 Å². The van der Waals surface area contributed by atoms with Crippen molar-refractivity contribution in [1.82, 2.24) is 9.97 Å². The van der Waals surface area contributed by atoms with Gasteiger partial charge in [0.25, 0.3) is 5.56 Å². The molecule has 6 heteroatoms. The molecular formula is C18H16N2O3S. The quantitative estimate of drug-likeness (QED) is 0.736. The number of hydrogen-bond acceptors (Lipinski definition) is 5. The van der Waals surface area contributed by atoms with Crippen molar-refractivity contribution in [3.8, 4) is 0 Å². The number of nitrogens with zero attached hydrogens (tertiary/aromatic N) is 1. The second kappa shape index (κ2) is 6.80. The lowest BCUT2D eigenvalue weighted by Crippen LogP contribution is -2.10. The van der Waals surface area contributed by atoms with Crippen LogP contribution in [0.2, 0.25) is 0 Å². The number of thiophene rings is 1. The van der Waals surface area contributed by atoms with Crippen molar-refractivity contribution in [2.24, 2.45) is 0 Å². The zero-order chi connectivity index (χ0) is 17.1. The maximum Gasteiger partial charge on any atom is 0.348 e. The van der Waals surface area contributed by atoms with Crippen LogP contribution in [-0.2, 0) is 4.74 Å². The summed E-state index contributed by atoms with van der Waals surface area (Å²) in [6.45, 7) is 3.78. The van der Waals surface area contributed by atoms with E-state index in [0.29, 0.717) is 33.1 Å². The number of aryl methyl sites for hydroxylation is 1. The highest BCUT2D eigenvalue weighted by atomic mass is 32.1. The number of hydrogen-bond donors (Lipinski definition) is 1. The van der Waals surface area contributed by atoms with E-state index in [4.69, 9.17) is 4.74 Å². The molecule has 5 nitrogen and oxygen atoms in total. The van der Waals surface area contributed by atoms with Crippen LogP contribution in [0.15, 0.2) is 35.1 Å². The number of aromatic amines is 1. The van der Waals surface area contributed by atoms with Crippen molar-refractivity contribution in [2.75, 3.05) is 6.61 Å². The number of carbonyl (C=O) groups is 1. The third kappa shape index (κ3) is 3.14. The second-order valence-corrected chi connectivity index (χ2v) is 6.15. The van der Waals surface area contributed by atoms with E-state index >= 15 is 0 Å². The molecule has 0 radical (unpaired) electrons. The monoisotopic (exact) mass is 340 g/mol. The number of aromatic nitrogens is 2. The summed E-state index contributed by atoms with van der Waals surface area (Å²) < 4.78 is 5.03. The van der Waals surface area contributed by atoms with Crippen LogP contribution >= 0.6 is 11.3 Å². The molecular weight excluding hydrogens is 324 g/mol. The molecule has 1 N–H and O–H groups in total. The molecule has 0 amide bonds. The number of benzene rings is 1. The summed E-state index contributed by atoms with van der Waals surface area (Å²) in [5.74, 6) is 0.0341. The van der Waals surface area contributed by atoms with Crippen molar-refractivity contribution in [2.45, 2.75) is 13.8 Å². The summed E-state index contributed by atoms with van der Waals surface area (Å²) in [6, 6.07) is 9.73. The number of fused-ring (bicyclic) bond motifs is 1. The fourth-order valence-electron chi connectivity index (χ4n) is 2.37. The lowest BCUT2D eigenvalue weighted by Gasteiger charge is -1.98. The molecule has 0 saturated heterocycles. The van der Waals surface area contributed by atoms with Gasteiger partial charge in [-0.25, -0.2) is 9.78 Å². The predicted molar refractivity (Wildman–Crippen MR) is 96.3 cm³/mol. The Morgan fingerprint density at radius 2 is 2.04 bits per heavy atom. The Balaban J connectivity index is 2.03. The number of carbonyl (C=O) groups excluding carboxylic acids is 1. The predicted octanol–water partition coefficient (Wildman–Crippen LogP) is 3.64.